The lowest BCUT2D eigenvalue weighted by Gasteiger charge is -2.34. The van der Waals surface area contributed by atoms with Crippen molar-refractivity contribution in [3.63, 3.8) is 0 Å². The zero-order valence-electron chi connectivity index (χ0n) is 13.7. The first-order valence-corrected chi connectivity index (χ1v) is 8.53. The monoisotopic (exact) mass is 340 g/mol. The molecule has 0 amide bonds. The predicted molar refractivity (Wildman–Crippen MR) is 97.6 cm³/mol. The number of imidazole rings is 1. The van der Waals surface area contributed by atoms with E-state index >= 15 is 0 Å². The first kappa shape index (κ1) is 15.3. The lowest BCUT2D eigenvalue weighted by atomic mass is 10.3. The van der Waals surface area contributed by atoms with Gasteiger partial charge in [0.25, 0.3) is 0 Å². The van der Waals surface area contributed by atoms with Gasteiger partial charge in [-0.05, 0) is 30.4 Å². The van der Waals surface area contributed by atoms with E-state index in [4.69, 9.17) is 12.2 Å². The van der Waals surface area contributed by atoms with E-state index in [1.165, 1.54) is 11.0 Å². The second-order valence-corrected chi connectivity index (χ2v) is 6.42. The lowest BCUT2D eigenvalue weighted by molar-refractivity contribution is 0.206. The Morgan fingerprint density at radius 2 is 1.62 bits per heavy atom. The fourth-order valence-electron chi connectivity index (χ4n) is 3.24. The van der Waals surface area contributed by atoms with Gasteiger partial charge in [0.15, 0.2) is 4.77 Å². The van der Waals surface area contributed by atoms with Gasteiger partial charge in [-0.1, -0.05) is 12.1 Å². The first-order valence-electron chi connectivity index (χ1n) is 8.12. The van der Waals surface area contributed by atoms with E-state index < -0.39 is 0 Å². The standard InChI is InChI=1S/C17H20N6S/c1-20-14-5-2-3-6-15(14)23(17(20)24)13-21-9-11-22(12-10-21)16-18-7-4-8-19-16/h2-8H,9-13H2,1H3. The normalized spacial score (nSPS) is 16.0. The van der Waals surface area contributed by atoms with Crippen molar-refractivity contribution in [2.45, 2.75) is 6.67 Å². The highest BCUT2D eigenvalue weighted by Crippen LogP contribution is 2.18. The molecule has 0 N–H and O–H groups in total. The van der Waals surface area contributed by atoms with Crippen molar-refractivity contribution in [2.75, 3.05) is 31.1 Å². The minimum absolute atomic E-state index is 0.818. The Morgan fingerprint density at radius 3 is 2.33 bits per heavy atom. The van der Waals surface area contributed by atoms with Gasteiger partial charge in [0, 0.05) is 45.6 Å². The topological polar surface area (TPSA) is 42.1 Å². The van der Waals surface area contributed by atoms with Crippen LogP contribution < -0.4 is 4.90 Å². The summed E-state index contributed by atoms with van der Waals surface area (Å²) in [6.07, 6.45) is 3.59. The molecule has 0 spiro atoms. The molecule has 1 aliphatic rings. The molecule has 3 heterocycles. The zero-order valence-corrected chi connectivity index (χ0v) is 14.5. The van der Waals surface area contributed by atoms with E-state index in [1.807, 2.05) is 13.1 Å². The van der Waals surface area contributed by atoms with Gasteiger partial charge in [0.2, 0.25) is 5.95 Å². The molecule has 6 nitrogen and oxygen atoms in total. The van der Waals surface area contributed by atoms with E-state index in [-0.39, 0.29) is 0 Å². The van der Waals surface area contributed by atoms with Crippen molar-refractivity contribution in [1.29, 1.82) is 0 Å². The highest BCUT2D eigenvalue weighted by molar-refractivity contribution is 7.71. The van der Waals surface area contributed by atoms with Crippen molar-refractivity contribution in [3.05, 3.63) is 47.5 Å². The van der Waals surface area contributed by atoms with Crippen molar-refractivity contribution in [3.8, 4) is 0 Å². The molecule has 124 valence electrons. The number of anilines is 1. The number of hydrogen-bond donors (Lipinski definition) is 0. The van der Waals surface area contributed by atoms with Gasteiger partial charge in [-0.25, -0.2) is 9.97 Å². The Balaban J connectivity index is 1.50. The molecule has 3 aromatic rings. The summed E-state index contributed by atoms with van der Waals surface area (Å²) in [5.41, 5.74) is 2.37. The molecule has 0 radical (unpaired) electrons. The molecular formula is C17H20N6S. The smallest absolute Gasteiger partial charge is 0.225 e. The quantitative estimate of drug-likeness (QED) is 0.684. The maximum atomic E-state index is 5.63. The molecule has 0 atom stereocenters. The van der Waals surface area contributed by atoms with Gasteiger partial charge in [-0.15, -0.1) is 0 Å². The number of aromatic nitrogens is 4. The molecule has 0 bridgehead atoms. The van der Waals surface area contributed by atoms with Crippen LogP contribution >= 0.6 is 12.2 Å². The third-order valence-electron chi connectivity index (χ3n) is 4.60. The van der Waals surface area contributed by atoms with E-state index in [0.717, 1.165) is 43.6 Å². The van der Waals surface area contributed by atoms with Crippen LogP contribution in [0.1, 0.15) is 0 Å². The molecule has 0 saturated carbocycles. The van der Waals surface area contributed by atoms with Gasteiger partial charge >= 0.3 is 0 Å². The first-order chi connectivity index (χ1) is 11.7. The minimum atomic E-state index is 0.818. The zero-order chi connectivity index (χ0) is 16.5. The highest BCUT2D eigenvalue weighted by Gasteiger charge is 2.20. The Kier molecular flexibility index (Phi) is 4.03. The third kappa shape index (κ3) is 2.70. The summed E-state index contributed by atoms with van der Waals surface area (Å²) in [5.74, 6) is 0.818. The Bertz CT molecular complexity index is 892. The van der Waals surface area contributed by atoms with Crippen LogP contribution in [0.5, 0.6) is 0 Å². The second kappa shape index (κ2) is 6.33. The maximum Gasteiger partial charge on any atom is 0.225 e. The highest BCUT2D eigenvalue weighted by atomic mass is 32.1. The molecule has 7 heteroatoms. The van der Waals surface area contributed by atoms with Gasteiger partial charge in [-0.2, -0.15) is 0 Å². The summed E-state index contributed by atoms with van der Waals surface area (Å²) in [7, 11) is 2.03. The fourth-order valence-corrected chi connectivity index (χ4v) is 3.50. The van der Waals surface area contributed by atoms with Crippen molar-refractivity contribution in [1.82, 2.24) is 24.0 Å². The minimum Gasteiger partial charge on any atom is -0.338 e. The Hall–Kier alpha value is -2.25. The van der Waals surface area contributed by atoms with Gasteiger partial charge < -0.3 is 14.0 Å². The van der Waals surface area contributed by atoms with Crippen molar-refractivity contribution < 1.29 is 0 Å². The van der Waals surface area contributed by atoms with Gasteiger partial charge in [-0.3, -0.25) is 4.90 Å². The second-order valence-electron chi connectivity index (χ2n) is 6.05. The van der Waals surface area contributed by atoms with E-state index in [0.29, 0.717) is 0 Å². The third-order valence-corrected chi connectivity index (χ3v) is 5.09. The van der Waals surface area contributed by atoms with E-state index in [1.54, 1.807) is 12.4 Å². The number of rotatable bonds is 3. The summed E-state index contributed by atoms with van der Waals surface area (Å²) in [6, 6.07) is 10.2. The van der Waals surface area contributed by atoms with Crippen LogP contribution in [0, 0.1) is 4.77 Å². The SMILES string of the molecule is Cn1c(=S)n(CN2CCN(c3ncccn3)CC2)c2ccccc21. The Morgan fingerprint density at radius 1 is 0.958 bits per heavy atom. The van der Waals surface area contributed by atoms with Gasteiger partial charge in [0.05, 0.1) is 17.7 Å². The van der Waals surface area contributed by atoms with Crippen LogP contribution in [0.3, 0.4) is 0 Å². The van der Waals surface area contributed by atoms with Crippen molar-refractivity contribution >= 4 is 29.2 Å². The molecule has 1 fully saturated rings. The van der Waals surface area contributed by atoms with Crippen LogP contribution in [0.2, 0.25) is 0 Å². The van der Waals surface area contributed by atoms with Crippen LogP contribution in [0.25, 0.3) is 11.0 Å². The number of piperazine rings is 1. The molecule has 1 saturated heterocycles. The fraction of sp³-hybridized carbons (Fsp3) is 0.353. The summed E-state index contributed by atoms with van der Waals surface area (Å²) in [6.45, 7) is 4.64. The largest absolute Gasteiger partial charge is 0.338 e. The Labute approximate surface area is 146 Å². The number of nitrogens with zero attached hydrogens (tertiary/aromatic N) is 6. The average molecular weight is 340 g/mol. The number of hydrogen-bond acceptors (Lipinski definition) is 5. The van der Waals surface area contributed by atoms with Crippen LogP contribution in [0.4, 0.5) is 5.95 Å². The molecule has 0 aliphatic carbocycles. The number of fused-ring (bicyclic) bond motifs is 1. The molecule has 24 heavy (non-hydrogen) atoms. The summed E-state index contributed by atoms with van der Waals surface area (Å²) in [4.78, 5) is 13.3. The predicted octanol–water partition coefficient (Wildman–Crippen LogP) is 2.28. The van der Waals surface area contributed by atoms with Gasteiger partial charge in [0.1, 0.15) is 0 Å². The molecule has 1 aliphatic heterocycles. The van der Waals surface area contributed by atoms with Crippen molar-refractivity contribution in [2.24, 2.45) is 7.05 Å². The summed E-state index contributed by atoms with van der Waals surface area (Å²) < 4.78 is 5.17. The van der Waals surface area contributed by atoms with E-state index in [9.17, 15) is 0 Å². The van der Waals surface area contributed by atoms with Crippen LogP contribution in [-0.4, -0.2) is 50.2 Å². The number of benzene rings is 1. The maximum absolute atomic E-state index is 5.63. The molecule has 4 rings (SSSR count). The number of para-hydroxylation sites is 2. The summed E-state index contributed by atoms with van der Waals surface area (Å²) in [5, 5.41) is 0. The molecule has 1 aromatic carbocycles. The van der Waals surface area contributed by atoms with Crippen LogP contribution in [-0.2, 0) is 13.7 Å². The number of aryl methyl sites for hydroxylation is 1. The summed E-state index contributed by atoms with van der Waals surface area (Å²) >= 11 is 5.63. The lowest BCUT2D eigenvalue weighted by Crippen LogP contribution is -2.47. The van der Waals surface area contributed by atoms with Crippen LogP contribution in [0.15, 0.2) is 42.7 Å². The molecule has 0 unspecified atom stereocenters. The van der Waals surface area contributed by atoms with E-state index in [2.05, 4.69) is 53.2 Å². The average Bonchev–Trinajstić information content (AvgIpc) is 2.88. The molecule has 2 aromatic heterocycles. The molecular weight excluding hydrogens is 320 g/mol.